The first kappa shape index (κ1) is 17.5. The molecule has 0 atom stereocenters. The van der Waals surface area contributed by atoms with Gasteiger partial charge in [-0.2, -0.15) is 4.37 Å². The summed E-state index contributed by atoms with van der Waals surface area (Å²) in [6, 6.07) is 13.4. The summed E-state index contributed by atoms with van der Waals surface area (Å²) in [6.07, 6.45) is 1.57. The van der Waals surface area contributed by atoms with Crippen LogP contribution in [-0.2, 0) is 6.54 Å². The molecule has 0 unspecified atom stereocenters. The third-order valence-corrected chi connectivity index (χ3v) is 6.50. The minimum Gasteiger partial charge on any atom is -0.294 e. The molecule has 2 aromatic heterocycles. The van der Waals surface area contributed by atoms with Crippen LogP contribution in [0.4, 0.5) is 5.69 Å². The molecule has 0 aliphatic carbocycles. The second-order valence-corrected chi connectivity index (χ2v) is 8.49. The fourth-order valence-corrected chi connectivity index (χ4v) is 5.12. The second kappa shape index (κ2) is 7.40. The number of fused-ring (bicyclic) bond motifs is 1. The van der Waals surface area contributed by atoms with Crippen molar-refractivity contribution in [2.24, 2.45) is 4.99 Å². The van der Waals surface area contributed by atoms with E-state index in [2.05, 4.69) is 30.3 Å². The van der Waals surface area contributed by atoms with Gasteiger partial charge in [-0.3, -0.25) is 9.36 Å². The summed E-state index contributed by atoms with van der Waals surface area (Å²) in [5, 5.41) is 0.906. The van der Waals surface area contributed by atoms with Crippen LogP contribution in [0, 0.1) is 0 Å². The molecule has 4 aromatic rings. The highest BCUT2D eigenvalue weighted by Crippen LogP contribution is 2.26. The lowest BCUT2D eigenvalue weighted by Crippen LogP contribution is -2.21. The van der Waals surface area contributed by atoms with Crippen LogP contribution in [0.1, 0.15) is 5.56 Å². The number of hydrogen-bond acceptors (Lipinski definition) is 6. The number of halogens is 2. The van der Waals surface area contributed by atoms with Gasteiger partial charge in [0, 0.05) is 15.0 Å². The molecule has 0 radical (unpaired) electrons. The first-order valence-corrected chi connectivity index (χ1v) is 10.8. The van der Waals surface area contributed by atoms with Crippen molar-refractivity contribution in [3.05, 3.63) is 79.0 Å². The normalized spacial score (nSPS) is 12.0. The van der Waals surface area contributed by atoms with Crippen molar-refractivity contribution in [3.8, 4) is 0 Å². The maximum atomic E-state index is 12.9. The molecule has 0 N–H and O–H groups in total. The SMILES string of the molecule is O=c1c2c(Br)cc(N=c3ssnc3Cl)cc2ncn1Cc1ccccc1. The lowest BCUT2D eigenvalue weighted by molar-refractivity contribution is 0.748. The lowest BCUT2D eigenvalue weighted by atomic mass is 10.2. The number of benzene rings is 2. The maximum absolute atomic E-state index is 12.9. The molecule has 0 bridgehead atoms. The Balaban J connectivity index is 1.81. The molecule has 0 saturated heterocycles. The van der Waals surface area contributed by atoms with E-state index in [1.165, 1.54) is 20.9 Å². The molecule has 9 heteroatoms. The zero-order valence-electron chi connectivity index (χ0n) is 13.1. The summed E-state index contributed by atoms with van der Waals surface area (Å²) in [7, 11) is 2.68. The molecule has 0 aliphatic heterocycles. The first-order valence-electron chi connectivity index (χ1n) is 7.51. The van der Waals surface area contributed by atoms with E-state index in [1.54, 1.807) is 23.0 Å². The van der Waals surface area contributed by atoms with Crippen molar-refractivity contribution < 1.29 is 0 Å². The Bertz CT molecular complexity index is 1220. The molecule has 0 amide bonds. The third kappa shape index (κ3) is 3.50. The van der Waals surface area contributed by atoms with Crippen LogP contribution < -0.4 is 10.2 Å². The highest BCUT2D eigenvalue weighted by atomic mass is 79.9. The Morgan fingerprint density at radius 1 is 1.23 bits per heavy atom. The van der Waals surface area contributed by atoms with Gasteiger partial charge in [0.2, 0.25) is 0 Å². The lowest BCUT2D eigenvalue weighted by Gasteiger charge is -2.08. The molecule has 0 saturated carbocycles. The first-order chi connectivity index (χ1) is 12.6. The molecule has 2 aromatic carbocycles. The van der Waals surface area contributed by atoms with E-state index in [0.29, 0.717) is 37.4 Å². The van der Waals surface area contributed by atoms with E-state index in [0.717, 1.165) is 5.56 Å². The van der Waals surface area contributed by atoms with Crippen molar-refractivity contribution in [1.29, 1.82) is 0 Å². The van der Waals surface area contributed by atoms with Crippen LogP contribution in [0.15, 0.2) is 63.1 Å². The average Bonchev–Trinajstić information content (AvgIpc) is 3.03. The van der Waals surface area contributed by atoms with Crippen molar-refractivity contribution in [1.82, 2.24) is 13.9 Å². The summed E-state index contributed by atoms with van der Waals surface area (Å²) < 4.78 is 6.90. The summed E-state index contributed by atoms with van der Waals surface area (Å²) in [5.41, 5.74) is 2.18. The zero-order valence-corrected chi connectivity index (χ0v) is 17.1. The Morgan fingerprint density at radius 3 is 2.77 bits per heavy atom. The van der Waals surface area contributed by atoms with Crippen LogP contribution in [-0.4, -0.2) is 13.9 Å². The average molecular weight is 466 g/mol. The van der Waals surface area contributed by atoms with E-state index in [9.17, 15) is 4.79 Å². The molecule has 0 fully saturated rings. The van der Waals surface area contributed by atoms with Crippen LogP contribution in [0.5, 0.6) is 0 Å². The Kier molecular flexibility index (Phi) is 4.99. The van der Waals surface area contributed by atoms with Crippen LogP contribution in [0.3, 0.4) is 0 Å². The molecule has 4 rings (SSSR count). The number of aromatic nitrogens is 3. The molecule has 130 valence electrons. The zero-order chi connectivity index (χ0) is 18.1. The largest absolute Gasteiger partial charge is 0.294 e. The summed E-state index contributed by atoms with van der Waals surface area (Å²) in [5.74, 6) is 0. The van der Waals surface area contributed by atoms with Gasteiger partial charge in [0.15, 0.2) is 9.82 Å². The van der Waals surface area contributed by atoms with Gasteiger partial charge in [-0.25, -0.2) is 9.98 Å². The summed E-state index contributed by atoms with van der Waals surface area (Å²) in [4.78, 5) is 21.8. The van der Waals surface area contributed by atoms with E-state index >= 15 is 0 Å². The standard InChI is InChI=1S/C17H10BrClN4OS2/c18-12-6-11(21-16-15(19)22-26-25-16)7-13-14(12)17(24)23(9-20-13)8-10-4-2-1-3-5-10/h1-7,9H,8H2. The van der Waals surface area contributed by atoms with Crippen molar-refractivity contribution in [2.45, 2.75) is 6.54 Å². The molecule has 0 spiro atoms. The molecule has 26 heavy (non-hydrogen) atoms. The monoisotopic (exact) mass is 464 g/mol. The number of hydrogen-bond donors (Lipinski definition) is 0. The number of rotatable bonds is 3. The van der Waals surface area contributed by atoms with Gasteiger partial charge in [-0.15, -0.1) is 0 Å². The van der Waals surface area contributed by atoms with Gasteiger partial charge in [0.25, 0.3) is 5.56 Å². The van der Waals surface area contributed by atoms with Gasteiger partial charge in [-0.05, 0) is 44.0 Å². The fraction of sp³-hybridized carbons (Fsp3) is 0.0588. The van der Waals surface area contributed by atoms with Crippen LogP contribution in [0.25, 0.3) is 10.9 Å². The minimum absolute atomic E-state index is 0.102. The molecular weight excluding hydrogens is 456 g/mol. The highest BCUT2D eigenvalue weighted by molar-refractivity contribution is 9.10. The molecule has 5 nitrogen and oxygen atoms in total. The molecular formula is C17H10BrClN4OS2. The predicted octanol–water partition coefficient (Wildman–Crippen LogP) is 4.61. The quantitative estimate of drug-likeness (QED) is 0.415. The van der Waals surface area contributed by atoms with Crippen LogP contribution in [0.2, 0.25) is 5.15 Å². The van der Waals surface area contributed by atoms with E-state index in [1.807, 2.05) is 30.3 Å². The van der Waals surface area contributed by atoms with Gasteiger partial charge in [0.05, 0.1) is 29.5 Å². The van der Waals surface area contributed by atoms with E-state index < -0.39 is 0 Å². The predicted molar refractivity (Wildman–Crippen MR) is 109 cm³/mol. The number of nitrogens with zero attached hydrogens (tertiary/aromatic N) is 4. The topological polar surface area (TPSA) is 60.1 Å². The molecule has 0 aliphatic rings. The van der Waals surface area contributed by atoms with Gasteiger partial charge in [-0.1, -0.05) is 41.9 Å². The van der Waals surface area contributed by atoms with Gasteiger partial charge < -0.3 is 0 Å². The molecule has 2 heterocycles. The van der Waals surface area contributed by atoms with E-state index in [4.69, 9.17) is 11.6 Å². The Labute approximate surface area is 169 Å². The van der Waals surface area contributed by atoms with Gasteiger partial charge in [0.1, 0.15) is 0 Å². The Morgan fingerprint density at radius 2 is 2.04 bits per heavy atom. The smallest absolute Gasteiger partial charge is 0.262 e. The van der Waals surface area contributed by atoms with Crippen LogP contribution >= 0.6 is 48.4 Å². The van der Waals surface area contributed by atoms with Crippen molar-refractivity contribution in [3.63, 3.8) is 0 Å². The van der Waals surface area contributed by atoms with Crippen molar-refractivity contribution in [2.75, 3.05) is 0 Å². The fourth-order valence-electron chi connectivity index (χ4n) is 2.52. The summed E-state index contributed by atoms with van der Waals surface area (Å²) >= 11 is 9.49. The summed E-state index contributed by atoms with van der Waals surface area (Å²) in [6.45, 7) is 0.471. The third-order valence-electron chi connectivity index (χ3n) is 3.70. The van der Waals surface area contributed by atoms with E-state index in [-0.39, 0.29) is 5.56 Å². The maximum Gasteiger partial charge on any atom is 0.262 e. The van der Waals surface area contributed by atoms with Gasteiger partial charge >= 0.3 is 0 Å². The second-order valence-electron chi connectivity index (χ2n) is 5.44. The minimum atomic E-state index is -0.102. The van der Waals surface area contributed by atoms with Crippen molar-refractivity contribution >= 4 is 65.0 Å². The highest BCUT2D eigenvalue weighted by Gasteiger charge is 2.10. The Hall–Kier alpha value is -1.87.